The first kappa shape index (κ1) is 27.9. The van der Waals surface area contributed by atoms with E-state index in [0.29, 0.717) is 37.0 Å². The lowest BCUT2D eigenvalue weighted by Crippen LogP contribution is -2.56. The van der Waals surface area contributed by atoms with Crippen molar-refractivity contribution >= 4 is 33.6 Å². The van der Waals surface area contributed by atoms with Crippen molar-refractivity contribution in [2.45, 2.75) is 52.5 Å². The van der Waals surface area contributed by atoms with Crippen molar-refractivity contribution in [1.82, 2.24) is 18.8 Å². The molecule has 0 unspecified atom stereocenters. The molecule has 0 aliphatic carbocycles. The Balaban J connectivity index is 1.66. The second-order valence-electron chi connectivity index (χ2n) is 11.0. The van der Waals surface area contributed by atoms with Crippen LogP contribution in [0.3, 0.4) is 0 Å². The molecular weight excluding hydrogens is 488 g/mol. The fourth-order valence-electron chi connectivity index (χ4n) is 5.22. The number of hydrogen-bond donors (Lipinski definition) is 1. The largest absolute Gasteiger partial charge is 0.344 e. The smallest absolute Gasteiger partial charge is 0.281 e. The summed E-state index contributed by atoms with van der Waals surface area (Å²) in [5.74, 6) is -0.591. The van der Waals surface area contributed by atoms with E-state index in [1.807, 2.05) is 30.9 Å². The van der Waals surface area contributed by atoms with E-state index in [2.05, 4.69) is 31.3 Å². The molecule has 0 aromatic heterocycles. The topological polar surface area (TPSA) is 90.0 Å². The monoisotopic (exact) mass is 526 g/mol. The number of benzene rings is 1. The number of hydrogen-bond acceptors (Lipinski definition) is 4. The number of nitrogens with one attached hydrogen (secondary N) is 1. The molecule has 2 amide bonds. The van der Waals surface area contributed by atoms with Crippen molar-refractivity contribution in [3.8, 4) is 0 Å². The predicted octanol–water partition coefficient (Wildman–Crippen LogP) is 2.95. The van der Waals surface area contributed by atoms with Gasteiger partial charge in [0, 0.05) is 45.3 Å². The Morgan fingerprint density at radius 2 is 1.74 bits per heavy atom. The van der Waals surface area contributed by atoms with Crippen molar-refractivity contribution in [1.29, 1.82) is 0 Å². The Labute approximate surface area is 215 Å². The van der Waals surface area contributed by atoms with Crippen LogP contribution >= 0.6 is 11.6 Å². The van der Waals surface area contributed by atoms with Gasteiger partial charge in [-0.1, -0.05) is 51.4 Å². The summed E-state index contributed by atoms with van der Waals surface area (Å²) in [6, 6.07) is 7.28. The molecule has 2 aliphatic rings. The number of nitrogens with zero attached hydrogens (tertiary/aromatic N) is 3. The fraction of sp³-hybridized carbons (Fsp3) is 0.680. The molecule has 0 spiro atoms. The molecule has 0 bridgehead atoms. The third-order valence-corrected chi connectivity index (χ3v) is 9.51. The van der Waals surface area contributed by atoms with Gasteiger partial charge in [-0.05, 0) is 47.8 Å². The van der Waals surface area contributed by atoms with E-state index < -0.39 is 22.2 Å². The van der Waals surface area contributed by atoms with Gasteiger partial charge in [-0.25, -0.2) is 0 Å². The predicted molar refractivity (Wildman–Crippen MR) is 138 cm³/mol. The molecule has 10 heteroatoms. The lowest BCUT2D eigenvalue weighted by atomic mass is 9.70. The highest BCUT2D eigenvalue weighted by molar-refractivity contribution is 7.86. The van der Waals surface area contributed by atoms with Gasteiger partial charge in [0.15, 0.2) is 0 Å². The average molecular weight is 527 g/mol. The maximum Gasteiger partial charge on any atom is 0.281 e. The molecule has 1 aromatic carbocycles. The lowest BCUT2D eigenvalue weighted by Gasteiger charge is -2.45. The molecule has 8 nitrogen and oxygen atoms in total. The first-order valence-corrected chi connectivity index (χ1v) is 14.0. The maximum atomic E-state index is 13.6. The molecule has 0 radical (unpaired) electrons. The minimum absolute atomic E-state index is 0.0771. The molecule has 2 saturated heterocycles. The van der Waals surface area contributed by atoms with Gasteiger partial charge in [-0.2, -0.15) is 17.0 Å². The summed E-state index contributed by atoms with van der Waals surface area (Å²) in [5, 5.41) is 3.66. The molecule has 2 fully saturated rings. The molecule has 2 heterocycles. The fourth-order valence-corrected chi connectivity index (χ4v) is 6.51. The van der Waals surface area contributed by atoms with Gasteiger partial charge in [0.25, 0.3) is 10.2 Å². The van der Waals surface area contributed by atoms with Gasteiger partial charge in [-0.3, -0.25) is 9.59 Å². The molecular formula is C25H39ClN4O4S. The van der Waals surface area contributed by atoms with E-state index in [1.165, 1.54) is 24.0 Å². The highest BCUT2D eigenvalue weighted by Gasteiger charge is 2.42. The van der Waals surface area contributed by atoms with E-state index in [4.69, 9.17) is 11.6 Å². The van der Waals surface area contributed by atoms with Crippen molar-refractivity contribution < 1.29 is 18.0 Å². The van der Waals surface area contributed by atoms with Crippen LogP contribution in [0.25, 0.3) is 0 Å². The second kappa shape index (κ2) is 10.7. The van der Waals surface area contributed by atoms with E-state index in [9.17, 15) is 18.0 Å². The molecule has 2 aliphatic heterocycles. The minimum atomic E-state index is -3.56. The highest BCUT2D eigenvalue weighted by Crippen LogP contribution is 2.42. The number of carbonyl (C=O) groups is 2. The Morgan fingerprint density at radius 1 is 1.11 bits per heavy atom. The first-order chi connectivity index (χ1) is 16.2. The van der Waals surface area contributed by atoms with Crippen LogP contribution in [-0.4, -0.2) is 80.1 Å². The standard InChI is InChI=1S/C25H39ClN4O4S/c1-17(2)22(27-23(31)19-11-14-30(15-19)35(33,34)28(5)6)24(32)29-13-12-21(25(3,4)16-29)18-7-9-20(26)10-8-18/h7-10,17,19,21-22H,11-16H2,1-6H3,(H,27,31)/t19-,21-,22-/m1/s1. The van der Waals surface area contributed by atoms with Crippen LogP contribution in [-0.2, 0) is 19.8 Å². The summed E-state index contributed by atoms with van der Waals surface area (Å²) in [5.41, 5.74) is 1.08. The Hall–Kier alpha value is -1.68. The Bertz CT molecular complexity index is 1030. The number of halogens is 1. The van der Waals surface area contributed by atoms with Crippen LogP contribution in [0.2, 0.25) is 5.02 Å². The summed E-state index contributed by atoms with van der Waals surface area (Å²) in [4.78, 5) is 28.5. The average Bonchev–Trinajstić information content (AvgIpc) is 3.28. The van der Waals surface area contributed by atoms with Crippen molar-refractivity contribution in [3.63, 3.8) is 0 Å². The highest BCUT2D eigenvalue weighted by atomic mass is 35.5. The van der Waals surface area contributed by atoms with Gasteiger partial charge in [0.2, 0.25) is 11.8 Å². The molecule has 1 N–H and O–H groups in total. The number of likely N-dealkylation sites (tertiary alicyclic amines) is 1. The molecule has 35 heavy (non-hydrogen) atoms. The van der Waals surface area contributed by atoms with Gasteiger partial charge < -0.3 is 10.2 Å². The minimum Gasteiger partial charge on any atom is -0.344 e. The van der Waals surface area contributed by atoms with Crippen LogP contribution in [0.4, 0.5) is 0 Å². The zero-order chi connectivity index (χ0) is 26.1. The van der Waals surface area contributed by atoms with Gasteiger partial charge in [0.1, 0.15) is 6.04 Å². The van der Waals surface area contributed by atoms with Crippen LogP contribution in [0, 0.1) is 17.3 Å². The number of amides is 2. The van der Waals surface area contributed by atoms with E-state index in [1.54, 1.807) is 0 Å². The van der Waals surface area contributed by atoms with E-state index >= 15 is 0 Å². The molecule has 1 aromatic rings. The normalized spacial score (nSPS) is 24.1. The third kappa shape index (κ3) is 6.18. The second-order valence-corrected chi connectivity index (χ2v) is 13.6. The van der Waals surface area contributed by atoms with E-state index in [-0.39, 0.29) is 29.7 Å². The van der Waals surface area contributed by atoms with Crippen LogP contribution < -0.4 is 5.32 Å². The number of carbonyl (C=O) groups excluding carboxylic acids is 2. The quantitative estimate of drug-likeness (QED) is 0.591. The molecule has 3 rings (SSSR count). The van der Waals surface area contributed by atoms with Gasteiger partial charge in [-0.15, -0.1) is 0 Å². The van der Waals surface area contributed by atoms with Crippen molar-refractivity contribution in [2.24, 2.45) is 17.3 Å². The number of rotatable bonds is 7. The lowest BCUT2D eigenvalue weighted by molar-refractivity contribution is -0.141. The Kier molecular flexibility index (Phi) is 8.57. The first-order valence-electron chi connectivity index (χ1n) is 12.3. The zero-order valence-electron chi connectivity index (χ0n) is 21.6. The summed E-state index contributed by atoms with van der Waals surface area (Å²) in [7, 11) is -0.601. The van der Waals surface area contributed by atoms with Crippen molar-refractivity contribution in [2.75, 3.05) is 40.3 Å². The molecule has 196 valence electrons. The van der Waals surface area contributed by atoms with Crippen LogP contribution in [0.5, 0.6) is 0 Å². The third-order valence-electron chi connectivity index (χ3n) is 7.35. The van der Waals surface area contributed by atoms with Crippen molar-refractivity contribution in [3.05, 3.63) is 34.9 Å². The van der Waals surface area contributed by atoms with Gasteiger partial charge >= 0.3 is 0 Å². The molecule has 3 atom stereocenters. The van der Waals surface area contributed by atoms with E-state index in [0.717, 1.165) is 10.7 Å². The van der Waals surface area contributed by atoms with Crippen LogP contribution in [0.1, 0.15) is 52.0 Å². The summed E-state index contributed by atoms with van der Waals surface area (Å²) < 4.78 is 27.3. The SMILES string of the molecule is CC(C)[C@@H](NC(=O)[C@@H]1CCN(S(=O)(=O)N(C)C)C1)C(=O)N1CC[C@H](c2ccc(Cl)cc2)C(C)(C)C1. The number of piperidine rings is 1. The van der Waals surface area contributed by atoms with Gasteiger partial charge in [0.05, 0.1) is 5.92 Å². The summed E-state index contributed by atoms with van der Waals surface area (Å²) in [6.45, 7) is 9.83. The Morgan fingerprint density at radius 3 is 2.29 bits per heavy atom. The molecule has 0 saturated carbocycles. The zero-order valence-corrected chi connectivity index (χ0v) is 23.2. The summed E-state index contributed by atoms with van der Waals surface area (Å²) >= 11 is 6.06. The summed E-state index contributed by atoms with van der Waals surface area (Å²) in [6.07, 6.45) is 1.27. The van der Waals surface area contributed by atoms with Crippen LogP contribution in [0.15, 0.2) is 24.3 Å². The maximum absolute atomic E-state index is 13.6.